The lowest BCUT2D eigenvalue weighted by Gasteiger charge is -2.38. The number of nitrogens with zero attached hydrogens (tertiary/aromatic N) is 1. The lowest BCUT2D eigenvalue weighted by molar-refractivity contribution is 0.169. The number of hydrogen-bond acceptors (Lipinski definition) is 3. The molecule has 1 aromatic carbocycles. The van der Waals surface area contributed by atoms with Crippen molar-refractivity contribution in [2.45, 2.75) is 51.5 Å². The van der Waals surface area contributed by atoms with Gasteiger partial charge in [0, 0.05) is 19.6 Å². The van der Waals surface area contributed by atoms with E-state index in [1.807, 2.05) is 13.0 Å². The van der Waals surface area contributed by atoms with E-state index >= 15 is 0 Å². The van der Waals surface area contributed by atoms with Crippen LogP contribution in [0.15, 0.2) is 23.1 Å². The molecule has 1 fully saturated rings. The zero-order valence-corrected chi connectivity index (χ0v) is 14.0. The van der Waals surface area contributed by atoms with E-state index in [0.29, 0.717) is 24.5 Å². The van der Waals surface area contributed by atoms with E-state index in [-0.39, 0.29) is 5.41 Å². The van der Waals surface area contributed by atoms with Crippen molar-refractivity contribution in [3.8, 4) is 0 Å². The fourth-order valence-electron chi connectivity index (χ4n) is 2.80. The van der Waals surface area contributed by atoms with Crippen molar-refractivity contribution >= 4 is 10.0 Å². The zero-order chi connectivity index (χ0) is 15.7. The van der Waals surface area contributed by atoms with Crippen LogP contribution >= 0.6 is 0 Å². The van der Waals surface area contributed by atoms with Crippen molar-refractivity contribution < 1.29 is 8.42 Å². The van der Waals surface area contributed by atoms with E-state index in [4.69, 9.17) is 5.73 Å². The summed E-state index contributed by atoms with van der Waals surface area (Å²) < 4.78 is 27.1. The van der Waals surface area contributed by atoms with Gasteiger partial charge in [-0.25, -0.2) is 8.42 Å². The molecule has 0 bridgehead atoms. The van der Waals surface area contributed by atoms with Crippen molar-refractivity contribution in [2.24, 2.45) is 11.1 Å². The van der Waals surface area contributed by atoms with Gasteiger partial charge < -0.3 is 5.73 Å². The Bertz CT molecular complexity index is 603. The van der Waals surface area contributed by atoms with Crippen LogP contribution in [0.3, 0.4) is 0 Å². The first-order valence-corrected chi connectivity index (χ1v) is 9.06. The summed E-state index contributed by atoms with van der Waals surface area (Å²) in [6, 6.07) is 5.25. The Hall–Kier alpha value is -0.910. The SMILES string of the molecule is CCC1(C)CCN(S(=O)(=O)c2ccc(C)c(CN)c2)CC1. The molecule has 118 valence electrons. The molecule has 1 saturated heterocycles. The minimum atomic E-state index is -3.39. The zero-order valence-electron chi connectivity index (χ0n) is 13.2. The van der Waals surface area contributed by atoms with Gasteiger partial charge >= 0.3 is 0 Å². The molecule has 1 aromatic rings. The Balaban J connectivity index is 2.23. The minimum Gasteiger partial charge on any atom is -0.326 e. The molecule has 2 N–H and O–H groups in total. The van der Waals surface area contributed by atoms with Crippen molar-refractivity contribution in [1.82, 2.24) is 4.31 Å². The highest BCUT2D eigenvalue weighted by Crippen LogP contribution is 2.35. The Morgan fingerprint density at radius 3 is 2.43 bits per heavy atom. The topological polar surface area (TPSA) is 63.4 Å². The third-order valence-corrected chi connectivity index (χ3v) is 6.86. The van der Waals surface area contributed by atoms with Gasteiger partial charge in [0.1, 0.15) is 0 Å². The van der Waals surface area contributed by atoms with Gasteiger partial charge in [0.25, 0.3) is 0 Å². The second-order valence-corrected chi connectivity index (χ2v) is 8.30. The van der Waals surface area contributed by atoms with Crippen molar-refractivity contribution in [3.63, 3.8) is 0 Å². The second kappa shape index (κ2) is 6.07. The van der Waals surface area contributed by atoms with E-state index in [0.717, 1.165) is 30.4 Å². The third kappa shape index (κ3) is 3.30. The molecule has 1 aliphatic heterocycles. The first kappa shape index (κ1) is 16.5. The van der Waals surface area contributed by atoms with Gasteiger partial charge in [0.2, 0.25) is 10.0 Å². The lowest BCUT2D eigenvalue weighted by Crippen LogP contribution is -2.41. The Kier molecular flexibility index (Phi) is 4.76. The number of sulfonamides is 1. The summed E-state index contributed by atoms with van der Waals surface area (Å²) in [5.41, 5.74) is 7.90. The summed E-state index contributed by atoms with van der Waals surface area (Å²) in [7, 11) is -3.39. The van der Waals surface area contributed by atoms with Gasteiger partial charge in [-0.1, -0.05) is 26.3 Å². The molecule has 0 radical (unpaired) electrons. The summed E-state index contributed by atoms with van der Waals surface area (Å²) in [6.45, 7) is 7.96. The van der Waals surface area contributed by atoms with Crippen LogP contribution in [0.4, 0.5) is 0 Å². The largest absolute Gasteiger partial charge is 0.326 e. The van der Waals surface area contributed by atoms with Gasteiger partial charge in [-0.05, 0) is 48.4 Å². The predicted molar refractivity (Wildman–Crippen MR) is 85.5 cm³/mol. The smallest absolute Gasteiger partial charge is 0.243 e. The van der Waals surface area contributed by atoms with Crippen LogP contribution in [-0.2, 0) is 16.6 Å². The molecular weight excluding hydrogens is 284 g/mol. The molecule has 4 nitrogen and oxygen atoms in total. The lowest BCUT2D eigenvalue weighted by atomic mass is 9.79. The molecular formula is C16H26N2O2S. The van der Waals surface area contributed by atoms with Crippen molar-refractivity contribution in [2.75, 3.05) is 13.1 Å². The fourth-order valence-corrected chi connectivity index (χ4v) is 4.29. The molecule has 1 heterocycles. The average molecular weight is 310 g/mol. The van der Waals surface area contributed by atoms with Crippen LogP contribution in [-0.4, -0.2) is 25.8 Å². The molecule has 0 aromatic heterocycles. The number of piperidine rings is 1. The quantitative estimate of drug-likeness (QED) is 0.930. The number of nitrogens with two attached hydrogens (primary N) is 1. The number of aryl methyl sites for hydroxylation is 1. The highest BCUT2D eigenvalue weighted by Gasteiger charge is 2.34. The molecule has 2 rings (SSSR count). The second-order valence-electron chi connectivity index (χ2n) is 6.36. The van der Waals surface area contributed by atoms with Gasteiger partial charge in [0.15, 0.2) is 0 Å². The van der Waals surface area contributed by atoms with E-state index in [1.54, 1.807) is 16.4 Å². The summed E-state index contributed by atoms with van der Waals surface area (Å²) in [6.07, 6.45) is 2.96. The van der Waals surface area contributed by atoms with E-state index in [9.17, 15) is 8.42 Å². The Labute approximate surface area is 128 Å². The first-order valence-electron chi connectivity index (χ1n) is 7.62. The van der Waals surface area contributed by atoms with Crippen LogP contribution in [0.1, 0.15) is 44.2 Å². The molecule has 0 unspecified atom stereocenters. The minimum absolute atomic E-state index is 0.279. The monoisotopic (exact) mass is 310 g/mol. The van der Waals surface area contributed by atoms with Crippen molar-refractivity contribution in [1.29, 1.82) is 0 Å². The van der Waals surface area contributed by atoms with E-state index < -0.39 is 10.0 Å². The fraction of sp³-hybridized carbons (Fsp3) is 0.625. The van der Waals surface area contributed by atoms with Gasteiger partial charge in [-0.2, -0.15) is 4.31 Å². The highest BCUT2D eigenvalue weighted by atomic mass is 32.2. The van der Waals surface area contributed by atoms with Crippen LogP contribution in [0.2, 0.25) is 0 Å². The van der Waals surface area contributed by atoms with Crippen molar-refractivity contribution in [3.05, 3.63) is 29.3 Å². The number of rotatable bonds is 4. The predicted octanol–water partition coefficient (Wildman–Crippen LogP) is 2.65. The molecule has 0 atom stereocenters. The maximum atomic E-state index is 12.8. The molecule has 21 heavy (non-hydrogen) atoms. The van der Waals surface area contributed by atoms with Gasteiger partial charge in [-0.3, -0.25) is 0 Å². The molecule has 0 amide bonds. The Morgan fingerprint density at radius 2 is 1.90 bits per heavy atom. The van der Waals surface area contributed by atoms with Crippen LogP contribution in [0, 0.1) is 12.3 Å². The number of hydrogen-bond donors (Lipinski definition) is 1. The van der Waals surface area contributed by atoms with Crippen LogP contribution in [0.25, 0.3) is 0 Å². The van der Waals surface area contributed by atoms with E-state index in [1.165, 1.54) is 0 Å². The Morgan fingerprint density at radius 1 is 1.29 bits per heavy atom. The van der Waals surface area contributed by atoms with Gasteiger partial charge in [-0.15, -0.1) is 0 Å². The molecule has 0 saturated carbocycles. The summed E-state index contributed by atoms with van der Waals surface area (Å²) in [5, 5.41) is 0. The third-order valence-electron chi connectivity index (χ3n) is 4.96. The summed E-state index contributed by atoms with van der Waals surface area (Å²) in [4.78, 5) is 0.369. The molecule has 1 aliphatic rings. The average Bonchev–Trinajstić information content (AvgIpc) is 2.48. The highest BCUT2D eigenvalue weighted by molar-refractivity contribution is 7.89. The van der Waals surface area contributed by atoms with Crippen LogP contribution < -0.4 is 5.73 Å². The maximum absolute atomic E-state index is 12.8. The standard InChI is InChI=1S/C16H26N2O2S/c1-4-16(3)7-9-18(10-8-16)21(19,20)15-6-5-13(2)14(11-15)12-17/h5-6,11H,4,7-10,12,17H2,1-3H3. The van der Waals surface area contributed by atoms with E-state index in [2.05, 4.69) is 13.8 Å². The molecule has 0 spiro atoms. The number of benzene rings is 1. The summed E-state index contributed by atoms with van der Waals surface area (Å²) >= 11 is 0. The first-order chi connectivity index (χ1) is 9.82. The normalized spacial score (nSPS) is 19.6. The molecule has 5 heteroatoms. The maximum Gasteiger partial charge on any atom is 0.243 e. The molecule has 0 aliphatic carbocycles. The van der Waals surface area contributed by atoms with Gasteiger partial charge in [0.05, 0.1) is 4.90 Å². The summed E-state index contributed by atoms with van der Waals surface area (Å²) in [5.74, 6) is 0. The van der Waals surface area contributed by atoms with Crippen LogP contribution in [0.5, 0.6) is 0 Å².